The fourth-order valence-electron chi connectivity index (χ4n) is 1.47. The quantitative estimate of drug-likeness (QED) is 0.401. The Morgan fingerprint density at radius 1 is 1.00 bits per heavy atom. The van der Waals surface area contributed by atoms with Crippen molar-refractivity contribution in [3.8, 4) is 11.5 Å². The van der Waals surface area contributed by atoms with Crippen LogP contribution in [0, 0.1) is 0 Å². The van der Waals surface area contributed by atoms with Crippen LogP contribution in [0.25, 0.3) is 0 Å². The minimum absolute atomic E-state index is 0.0595. The molecule has 0 heterocycles. The van der Waals surface area contributed by atoms with Gasteiger partial charge in [-0.3, -0.25) is 0 Å². The molecule has 0 spiro atoms. The van der Waals surface area contributed by atoms with E-state index >= 15 is 0 Å². The Balaban J connectivity index is 2.45. The number of hydrogen-bond donors (Lipinski definition) is 0. The molecule has 1 aromatic carbocycles. The first-order valence-electron chi connectivity index (χ1n) is 7.76. The van der Waals surface area contributed by atoms with E-state index in [4.69, 9.17) is 13.3 Å². The predicted molar refractivity (Wildman–Crippen MR) is 95.2 cm³/mol. The normalized spacial score (nSPS) is 13.0. The topological polar surface area (TPSA) is 61.8 Å². The first-order chi connectivity index (χ1) is 10.5. The lowest BCUT2D eigenvalue weighted by Crippen LogP contribution is -2.41. The van der Waals surface area contributed by atoms with Gasteiger partial charge >= 0.3 is 10.1 Å². The van der Waals surface area contributed by atoms with Crippen LogP contribution in [-0.4, -0.2) is 35.7 Å². The summed E-state index contributed by atoms with van der Waals surface area (Å²) in [5.41, 5.74) is 0. The second-order valence-corrected chi connectivity index (χ2v) is 13.5. The van der Waals surface area contributed by atoms with Crippen molar-refractivity contribution in [2.75, 3.05) is 19.0 Å². The van der Waals surface area contributed by atoms with Crippen molar-refractivity contribution in [3.05, 3.63) is 24.3 Å². The average molecular weight is 361 g/mol. The molecule has 0 aliphatic heterocycles. The van der Waals surface area contributed by atoms with Gasteiger partial charge in [-0.25, -0.2) is 0 Å². The van der Waals surface area contributed by atoms with Gasteiger partial charge in [0.15, 0.2) is 8.32 Å². The van der Waals surface area contributed by atoms with E-state index in [0.717, 1.165) is 0 Å². The Bertz CT molecular complexity index is 588. The molecule has 0 atom stereocenters. The van der Waals surface area contributed by atoms with E-state index in [1.807, 2.05) is 0 Å². The summed E-state index contributed by atoms with van der Waals surface area (Å²) < 4.78 is 39.3. The van der Waals surface area contributed by atoms with Crippen LogP contribution in [-0.2, 0) is 14.5 Å². The van der Waals surface area contributed by atoms with E-state index < -0.39 is 18.4 Å². The molecule has 23 heavy (non-hydrogen) atoms. The molecular weight excluding hydrogens is 332 g/mol. The van der Waals surface area contributed by atoms with Crippen molar-refractivity contribution in [2.45, 2.75) is 45.8 Å². The van der Waals surface area contributed by atoms with Crippen LogP contribution in [0.3, 0.4) is 0 Å². The largest absolute Gasteiger partial charge is 0.491 e. The van der Waals surface area contributed by atoms with Crippen molar-refractivity contribution in [1.29, 1.82) is 0 Å². The number of ether oxygens (including phenoxy) is 1. The first kappa shape index (κ1) is 20.0. The van der Waals surface area contributed by atoms with Gasteiger partial charge in [0.1, 0.15) is 18.1 Å². The van der Waals surface area contributed by atoms with E-state index in [2.05, 4.69) is 33.9 Å². The Hall–Kier alpha value is -1.05. The highest BCUT2D eigenvalue weighted by Crippen LogP contribution is 2.36. The summed E-state index contributed by atoms with van der Waals surface area (Å²) in [4.78, 5) is 0. The second kappa shape index (κ2) is 7.68. The van der Waals surface area contributed by atoms with Crippen LogP contribution in [0.5, 0.6) is 11.5 Å². The highest BCUT2D eigenvalue weighted by Gasteiger charge is 2.36. The first-order valence-corrected chi connectivity index (χ1v) is 12.2. The molecule has 132 valence electrons. The molecule has 0 bridgehead atoms. The van der Waals surface area contributed by atoms with Gasteiger partial charge in [-0.15, -0.1) is 0 Å². The third-order valence-electron chi connectivity index (χ3n) is 4.02. The Kier molecular flexibility index (Phi) is 6.67. The maximum atomic E-state index is 11.4. The molecular formula is C16H28O5SSi. The summed E-state index contributed by atoms with van der Waals surface area (Å²) >= 11 is 0. The Morgan fingerprint density at radius 2 is 1.52 bits per heavy atom. The van der Waals surface area contributed by atoms with Crippen LogP contribution >= 0.6 is 0 Å². The summed E-state index contributed by atoms with van der Waals surface area (Å²) in [7, 11) is -5.24. The Morgan fingerprint density at radius 3 is 2.00 bits per heavy atom. The third-order valence-corrected chi connectivity index (χ3v) is 9.71. The zero-order valence-electron chi connectivity index (χ0n) is 14.9. The van der Waals surface area contributed by atoms with Crippen LogP contribution in [0.2, 0.25) is 18.1 Å². The SMILES string of the molecule is CCS(=O)(=O)Oc1ccc(OCCO[Si](C)(C)C(C)(C)C)cc1. The van der Waals surface area contributed by atoms with Gasteiger partial charge < -0.3 is 13.3 Å². The lowest BCUT2D eigenvalue weighted by molar-refractivity contribution is 0.203. The van der Waals surface area contributed by atoms with E-state index in [0.29, 0.717) is 19.0 Å². The number of hydrogen-bond acceptors (Lipinski definition) is 5. The molecule has 7 heteroatoms. The third kappa shape index (κ3) is 6.53. The summed E-state index contributed by atoms with van der Waals surface area (Å²) in [5, 5.41) is 0.177. The molecule has 0 saturated carbocycles. The predicted octanol–water partition coefficient (Wildman–Crippen LogP) is 3.82. The van der Waals surface area contributed by atoms with Gasteiger partial charge in [0, 0.05) is 0 Å². The van der Waals surface area contributed by atoms with E-state index in [1.54, 1.807) is 24.3 Å². The molecule has 0 amide bonds. The zero-order valence-corrected chi connectivity index (χ0v) is 16.7. The molecule has 0 aromatic heterocycles. The minimum Gasteiger partial charge on any atom is -0.491 e. The van der Waals surface area contributed by atoms with Crippen molar-refractivity contribution in [3.63, 3.8) is 0 Å². The molecule has 0 aliphatic rings. The Labute approximate surface area is 141 Å². The molecule has 0 radical (unpaired) electrons. The molecule has 1 aromatic rings. The fraction of sp³-hybridized carbons (Fsp3) is 0.625. The lowest BCUT2D eigenvalue weighted by Gasteiger charge is -2.36. The average Bonchev–Trinajstić information content (AvgIpc) is 2.44. The highest BCUT2D eigenvalue weighted by atomic mass is 32.2. The molecule has 0 N–H and O–H groups in total. The van der Waals surface area contributed by atoms with Gasteiger partial charge in [-0.2, -0.15) is 8.42 Å². The van der Waals surface area contributed by atoms with Crippen molar-refractivity contribution < 1.29 is 21.8 Å². The molecule has 0 saturated heterocycles. The van der Waals surface area contributed by atoms with E-state index in [9.17, 15) is 8.42 Å². The molecule has 0 fully saturated rings. The van der Waals surface area contributed by atoms with Crippen LogP contribution in [0.1, 0.15) is 27.7 Å². The molecule has 5 nitrogen and oxygen atoms in total. The maximum absolute atomic E-state index is 11.4. The number of rotatable bonds is 8. The summed E-state index contributed by atoms with van der Waals surface area (Å²) in [6, 6.07) is 6.54. The molecule has 1 rings (SSSR count). The van der Waals surface area contributed by atoms with Crippen molar-refractivity contribution in [1.82, 2.24) is 0 Å². The molecule has 0 unspecified atom stereocenters. The van der Waals surface area contributed by atoms with E-state index in [-0.39, 0.29) is 16.5 Å². The maximum Gasteiger partial charge on any atom is 0.308 e. The van der Waals surface area contributed by atoms with Crippen LogP contribution in [0.4, 0.5) is 0 Å². The number of benzene rings is 1. The van der Waals surface area contributed by atoms with Crippen LogP contribution in [0.15, 0.2) is 24.3 Å². The monoisotopic (exact) mass is 360 g/mol. The summed E-state index contributed by atoms with van der Waals surface area (Å²) in [6.45, 7) is 13.5. The van der Waals surface area contributed by atoms with Crippen molar-refractivity contribution in [2.24, 2.45) is 0 Å². The highest BCUT2D eigenvalue weighted by molar-refractivity contribution is 7.87. The summed E-state index contributed by atoms with van der Waals surface area (Å²) in [6.07, 6.45) is 0. The van der Waals surface area contributed by atoms with Gasteiger partial charge in [-0.05, 0) is 49.3 Å². The van der Waals surface area contributed by atoms with Gasteiger partial charge in [-0.1, -0.05) is 20.8 Å². The van der Waals surface area contributed by atoms with Crippen LogP contribution < -0.4 is 8.92 Å². The standard InChI is InChI=1S/C16H28O5SSi/c1-7-22(17,18)21-15-10-8-14(9-11-15)19-12-13-20-23(5,6)16(2,3)4/h8-11H,7,12-13H2,1-6H3. The fourth-order valence-corrected chi connectivity index (χ4v) is 3.02. The second-order valence-electron chi connectivity index (χ2n) is 6.86. The summed E-state index contributed by atoms with van der Waals surface area (Å²) in [5.74, 6) is 0.887. The molecule has 0 aliphatic carbocycles. The lowest BCUT2D eigenvalue weighted by atomic mass is 10.2. The smallest absolute Gasteiger partial charge is 0.308 e. The zero-order chi connectivity index (χ0) is 17.7. The van der Waals surface area contributed by atoms with Gasteiger partial charge in [0.05, 0.1) is 12.4 Å². The van der Waals surface area contributed by atoms with Gasteiger partial charge in [0.2, 0.25) is 0 Å². The van der Waals surface area contributed by atoms with Crippen molar-refractivity contribution >= 4 is 18.4 Å². The van der Waals surface area contributed by atoms with Gasteiger partial charge in [0.25, 0.3) is 0 Å². The van der Waals surface area contributed by atoms with E-state index in [1.165, 1.54) is 6.92 Å². The minimum atomic E-state index is -3.49.